The predicted molar refractivity (Wildman–Crippen MR) is 49.0 cm³/mol. The SMILES string of the molecule is O=S(=O)(O)c1ccccc1I.[Cd]. The topological polar surface area (TPSA) is 54.4 Å². The van der Waals surface area contributed by atoms with Crippen molar-refractivity contribution in [3.63, 3.8) is 0 Å². The van der Waals surface area contributed by atoms with E-state index >= 15 is 0 Å². The Hall–Kier alpha value is 0.782. The molecule has 0 fully saturated rings. The predicted octanol–water partition coefficient (Wildman–Crippen LogP) is 1.54. The van der Waals surface area contributed by atoms with Crippen LogP contribution in [0.4, 0.5) is 0 Å². The Morgan fingerprint density at radius 2 is 1.75 bits per heavy atom. The zero-order chi connectivity index (χ0) is 8.48. The molecule has 0 radical (unpaired) electrons. The molecule has 1 N–H and O–H groups in total. The Bertz CT molecular complexity index is 363. The molecule has 0 atom stereocenters. The molecule has 1 rings (SSSR count). The van der Waals surface area contributed by atoms with E-state index in [1.165, 1.54) is 6.07 Å². The molecule has 0 aliphatic heterocycles. The second kappa shape index (κ2) is 4.86. The van der Waals surface area contributed by atoms with E-state index in [2.05, 4.69) is 0 Å². The molecule has 6 heteroatoms. The molecular weight excluding hydrogens is 391 g/mol. The summed E-state index contributed by atoms with van der Waals surface area (Å²) in [6.45, 7) is 0. The Labute approximate surface area is 105 Å². The summed E-state index contributed by atoms with van der Waals surface area (Å²) in [4.78, 5) is -0.0411. The van der Waals surface area contributed by atoms with Gasteiger partial charge >= 0.3 is 0 Å². The molecule has 0 bridgehead atoms. The maximum Gasteiger partial charge on any atom is 0.295 e. The van der Waals surface area contributed by atoms with Gasteiger partial charge in [-0.15, -0.1) is 0 Å². The van der Waals surface area contributed by atoms with E-state index in [9.17, 15) is 8.42 Å². The summed E-state index contributed by atoms with van der Waals surface area (Å²) in [5.41, 5.74) is 0. The van der Waals surface area contributed by atoms with Crippen molar-refractivity contribution < 1.29 is 40.3 Å². The van der Waals surface area contributed by atoms with Crippen LogP contribution in [0, 0.1) is 3.57 Å². The fourth-order valence-electron chi connectivity index (χ4n) is 0.654. The van der Waals surface area contributed by atoms with Crippen LogP contribution >= 0.6 is 22.6 Å². The summed E-state index contributed by atoms with van der Waals surface area (Å²) in [6, 6.07) is 6.24. The molecule has 3 nitrogen and oxygen atoms in total. The van der Waals surface area contributed by atoms with Gasteiger partial charge in [0.2, 0.25) is 0 Å². The van der Waals surface area contributed by atoms with Gasteiger partial charge in [0, 0.05) is 30.9 Å². The molecule has 0 saturated carbocycles. The minimum atomic E-state index is -4.04. The maximum atomic E-state index is 10.6. The van der Waals surface area contributed by atoms with Crippen LogP contribution in [0.25, 0.3) is 0 Å². The summed E-state index contributed by atoms with van der Waals surface area (Å²) in [5, 5.41) is 0. The quantitative estimate of drug-likeness (QED) is 0.445. The second-order valence-corrected chi connectivity index (χ2v) is 4.46. The molecule has 62 valence electrons. The number of halogens is 1. The molecule has 0 heterocycles. The van der Waals surface area contributed by atoms with Gasteiger partial charge in [-0.25, -0.2) is 0 Å². The van der Waals surface area contributed by atoms with E-state index in [1.54, 1.807) is 18.2 Å². The largest absolute Gasteiger partial charge is 0.295 e. The first kappa shape index (κ1) is 12.8. The summed E-state index contributed by atoms with van der Waals surface area (Å²) in [7, 11) is -4.04. The molecule has 1 aromatic carbocycles. The number of benzene rings is 1. The van der Waals surface area contributed by atoms with Crippen LogP contribution in [0.2, 0.25) is 0 Å². The molecule has 0 saturated heterocycles. The van der Waals surface area contributed by atoms with E-state index in [-0.39, 0.29) is 32.2 Å². The van der Waals surface area contributed by atoms with Gasteiger partial charge in [0.25, 0.3) is 10.1 Å². The minimum Gasteiger partial charge on any atom is -0.282 e. The molecule has 12 heavy (non-hydrogen) atoms. The van der Waals surface area contributed by atoms with E-state index < -0.39 is 10.1 Å². The van der Waals surface area contributed by atoms with E-state index in [1.807, 2.05) is 22.6 Å². The average molecular weight is 396 g/mol. The normalized spacial score (nSPS) is 10.5. The number of hydrogen-bond acceptors (Lipinski definition) is 2. The van der Waals surface area contributed by atoms with Gasteiger partial charge in [-0.3, -0.25) is 4.55 Å². The average Bonchev–Trinajstić information content (AvgIpc) is 1.86. The van der Waals surface area contributed by atoms with Crippen LogP contribution in [0.1, 0.15) is 0 Å². The third-order valence-corrected chi connectivity index (χ3v) is 3.33. The Morgan fingerprint density at radius 3 is 2.08 bits per heavy atom. The summed E-state index contributed by atoms with van der Waals surface area (Å²) >= 11 is 1.85. The fraction of sp³-hybridized carbons (Fsp3) is 0. The first-order valence-electron chi connectivity index (χ1n) is 2.74. The van der Waals surface area contributed by atoms with Gasteiger partial charge in [-0.2, -0.15) is 8.42 Å². The van der Waals surface area contributed by atoms with Crippen molar-refractivity contribution in [2.75, 3.05) is 0 Å². The first-order valence-corrected chi connectivity index (χ1v) is 5.26. The Kier molecular flexibility index (Phi) is 5.18. The van der Waals surface area contributed by atoms with Crippen molar-refractivity contribution in [3.8, 4) is 0 Å². The van der Waals surface area contributed by atoms with Gasteiger partial charge in [0.1, 0.15) is 4.90 Å². The van der Waals surface area contributed by atoms with Gasteiger partial charge < -0.3 is 0 Å². The first-order chi connectivity index (χ1) is 5.02. The van der Waals surface area contributed by atoms with Gasteiger partial charge in [-0.05, 0) is 34.7 Å². The molecule has 0 aliphatic rings. The van der Waals surface area contributed by atoms with Crippen LogP contribution in [-0.2, 0) is 37.4 Å². The monoisotopic (exact) mass is 398 g/mol. The third-order valence-electron chi connectivity index (χ3n) is 1.11. The zero-order valence-corrected chi connectivity index (χ0v) is 13.1. The standard InChI is InChI=1S/C6H5IO3S.Cd/c7-5-3-1-2-4-6(5)11(8,9)10;/h1-4H,(H,8,9,10);. The van der Waals surface area contributed by atoms with Crippen molar-refractivity contribution in [2.24, 2.45) is 0 Å². The van der Waals surface area contributed by atoms with Crippen LogP contribution in [-0.4, -0.2) is 13.0 Å². The molecule has 0 aliphatic carbocycles. The number of hydrogen-bond donors (Lipinski definition) is 1. The Morgan fingerprint density at radius 1 is 1.25 bits per heavy atom. The van der Waals surface area contributed by atoms with Crippen molar-refractivity contribution >= 4 is 32.7 Å². The summed E-state index contributed by atoms with van der Waals surface area (Å²) < 4.78 is 30.4. The maximum absolute atomic E-state index is 10.6. The van der Waals surface area contributed by atoms with E-state index in [0.717, 1.165) is 0 Å². The fourth-order valence-corrected chi connectivity index (χ4v) is 2.44. The molecule has 0 unspecified atom stereocenters. The number of rotatable bonds is 1. The smallest absolute Gasteiger partial charge is 0.282 e. The second-order valence-electron chi connectivity index (χ2n) is 1.91. The van der Waals surface area contributed by atoms with Crippen LogP contribution in [0.3, 0.4) is 0 Å². The van der Waals surface area contributed by atoms with Gasteiger partial charge in [0.15, 0.2) is 0 Å². The van der Waals surface area contributed by atoms with E-state index in [4.69, 9.17) is 4.55 Å². The van der Waals surface area contributed by atoms with Crippen molar-refractivity contribution in [1.82, 2.24) is 0 Å². The minimum absolute atomic E-state index is 0. The molecular formula is C6H5CdIO3S. The molecule has 1 aromatic rings. The van der Waals surface area contributed by atoms with Gasteiger partial charge in [-0.1, -0.05) is 12.1 Å². The van der Waals surface area contributed by atoms with Gasteiger partial charge in [0.05, 0.1) is 0 Å². The van der Waals surface area contributed by atoms with Crippen LogP contribution < -0.4 is 0 Å². The van der Waals surface area contributed by atoms with Crippen LogP contribution in [0.15, 0.2) is 29.2 Å². The zero-order valence-electron chi connectivity index (χ0n) is 6.07. The van der Waals surface area contributed by atoms with Crippen molar-refractivity contribution in [3.05, 3.63) is 27.8 Å². The van der Waals surface area contributed by atoms with E-state index in [0.29, 0.717) is 3.57 Å². The Balaban J connectivity index is 0.00000121. The van der Waals surface area contributed by atoms with Crippen molar-refractivity contribution in [2.45, 2.75) is 4.90 Å². The molecule has 0 aromatic heterocycles. The third kappa shape index (κ3) is 3.26. The van der Waals surface area contributed by atoms with Crippen molar-refractivity contribution in [1.29, 1.82) is 0 Å². The molecule has 0 amide bonds. The summed E-state index contributed by atoms with van der Waals surface area (Å²) in [6.07, 6.45) is 0. The summed E-state index contributed by atoms with van der Waals surface area (Å²) in [5.74, 6) is 0. The van der Waals surface area contributed by atoms with Crippen LogP contribution in [0.5, 0.6) is 0 Å². The molecule has 0 spiro atoms.